The number of hydrogen-bond acceptors (Lipinski definition) is 5. The molecule has 2 aromatic carbocycles. The van der Waals surface area contributed by atoms with Crippen molar-refractivity contribution in [3.63, 3.8) is 0 Å². The molecule has 0 atom stereocenters. The molecule has 0 aliphatic carbocycles. The van der Waals surface area contributed by atoms with Crippen molar-refractivity contribution in [3.05, 3.63) is 59.4 Å². The topological polar surface area (TPSA) is 67.9 Å². The van der Waals surface area contributed by atoms with E-state index in [0.29, 0.717) is 30.2 Å². The van der Waals surface area contributed by atoms with Gasteiger partial charge in [0.1, 0.15) is 11.6 Å². The Hall–Kier alpha value is -2.93. The summed E-state index contributed by atoms with van der Waals surface area (Å²) in [7, 11) is 3.16. The molecule has 0 aliphatic rings. The second kappa shape index (κ2) is 10.4. The van der Waals surface area contributed by atoms with Gasteiger partial charge in [0.05, 0.1) is 25.8 Å². The summed E-state index contributed by atoms with van der Waals surface area (Å²) < 4.78 is 23.1. The average molecular weight is 388 g/mol. The van der Waals surface area contributed by atoms with Crippen molar-refractivity contribution in [2.24, 2.45) is 0 Å². The highest BCUT2D eigenvalue weighted by molar-refractivity contribution is 5.96. The molecule has 0 aliphatic heterocycles. The summed E-state index contributed by atoms with van der Waals surface area (Å²) >= 11 is 0. The Morgan fingerprint density at radius 1 is 1.14 bits per heavy atom. The van der Waals surface area contributed by atoms with Crippen molar-refractivity contribution in [1.82, 2.24) is 4.90 Å². The predicted octanol–water partition coefficient (Wildman–Crippen LogP) is 3.26. The van der Waals surface area contributed by atoms with Gasteiger partial charge in [-0.3, -0.25) is 9.69 Å². The lowest BCUT2D eigenvalue weighted by molar-refractivity contribution is -0.117. The van der Waals surface area contributed by atoms with E-state index < -0.39 is 5.97 Å². The lowest BCUT2D eigenvalue weighted by Gasteiger charge is -2.17. The Labute approximate surface area is 164 Å². The maximum Gasteiger partial charge on any atom is 0.337 e. The number of ether oxygens (including phenoxy) is 2. The van der Waals surface area contributed by atoms with Crippen LogP contribution in [0, 0.1) is 12.7 Å². The molecule has 150 valence electrons. The molecule has 0 bridgehead atoms. The minimum atomic E-state index is -0.450. The fourth-order valence-electron chi connectivity index (χ4n) is 2.57. The summed E-state index contributed by atoms with van der Waals surface area (Å²) in [5, 5.41) is 2.83. The molecular formula is C21H25FN2O4. The number of nitrogens with one attached hydrogen (secondary N) is 1. The van der Waals surface area contributed by atoms with Crippen molar-refractivity contribution >= 4 is 17.6 Å². The number of esters is 1. The van der Waals surface area contributed by atoms with Crippen LogP contribution in [-0.4, -0.2) is 50.6 Å². The van der Waals surface area contributed by atoms with E-state index in [9.17, 15) is 14.0 Å². The Kier molecular flexibility index (Phi) is 7.95. The van der Waals surface area contributed by atoms with Gasteiger partial charge in [0.15, 0.2) is 0 Å². The molecule has 28 heavy (non-hydrogen) atoms. The third kappa shape index (κ3) is 6.66. The van der Waals surface area contributed by atoms with Crippen molar-refractivity contribution < 1.29 is 23.5 Å². The number of methoxy groups -OCH3 is 1. The molecule has 2 rings (SSSR count). The van der Waals surface area contributed by atoms with Gasteiger partial charge in [-0.05, 0) is 62.4 Å². The first-order valence-corrected chi connectivity index (χ1v) is 8.95. The molecular weight excluding hydrogens is 363 g/mol. The SMILES string of the molecule is COC(=O)c1ccc(C)c(NC(=O)CN(C)CCCOc2ccc(F)cc2)c1. The van der Waals surface area contributed by atoms with Gasteiger partial charge in [-0.1, -0.05) is 6.07 Å². The number of rotatable bonds is 9. The normalized spacial score (nSPS) is 10.6. The number of carbonyl (C=O) groups excluding carboxylic acids is 2. The summed E-state index contributed by atoms with van der Waals surface area (Å²) in [4.78, 5) is 25.8. The van der Waals surface area contributed by atoms with Gasteiger partial charge < -0.3 is 14.8 Å². The maximum atomic E-state index is 12.8. The first-order valence-electron chi connectivity index (χ1n) is 8.95. The van der Waals surface area contributed by atoms with E-state index in [4.69, 9.17) is 9.47 Å². The second-order valence-electron chi connectivity index (χ2n) is 6.46. The van der Waals surface area contributed by atoms with Gasteiger partial charge in [-0.25, -0.2) is 9.18 Å². The highest BCUT2D eigenvalue weighted by Gasteiger charge is 2.12. The van der Waals surface area contributed by atoms with E-state index in [1.54, 1.807) is 30.3 Å². The van der Waals surface area contributed by atoms with Gasteiger partial charge in [0.2, 0.25) is 5.91 Å². The van der Waals surface area contributed by atoms with Gasteiger partial charge in [0, 0.05) is 12.2 Å². The Morgan fingerprint density at radius 2 is 1.86 bits per heavy atom. The molecule has 0 saturated heterocycles. The van der Waals surface area contributed by atoms with Crippen LogP contribution in [-0.2, 0) is 9.53 Å². The number of amides is 1. The first kappa shape index (κ1) is 21.4. The molecule has 1 N–H and O–H groups in total. The van der Waals surface area contributed by atoms with Crippen LogP contribution in [0.2, 0.25) is 0 Å². The first-order chi connectivity index (χ1) is 13.4. The van der Waals surface area contributed by atoms with Crippen LogP contribution < -0.4 is 10.1 Å². The maximum absolute atomic E-state index is 12.8. The molecule has 0 unspecified atom stereocenters. The van der Waals surface area contributed by atoms with Crippen molar-refractivity contribution in [2.45, 2.75) is 13.3 Å². The van der Waals surface area contributed by atoms with Gasteiger partial charge in [-0.2, -0.15) is 0 Å². The molecule has 0 aromatic heterocycles. The predicted molar refractivity (Wildman–Crippen MR) is 105 cm³/mol. The third-order valence-corrected chi connectivity index (χ3v) is 4.11. The summed E-state index contributed by atoms with van der Waals surface area (Å²) in [6, 6.07) is 10.9. The molecule has 0 saturated carbocycles. The number of aryl methyl sites for hydroxylation is 1. The molecule has 2 aromatic rings. The van der Waals surface area contributed by atoms with Crippen LogP contribution in [0.4, 0.5) is 10.1 Å². The quantitative estimate of drug-likeness (QED) is 0.528. The summed E-state index contributed by atoms with van der Waals surface area (Å²) in [5.41, 5.74) is 1.83. The van der Waals surface area contributed by atoms with E-state index >= 15 is 0 Å². The smallest absolute Gasteiger partial charge is 0.337 e. The fraction of sp³-hybridized carbons (Fsp3) is 0.333. The average Bonchev–Trinajstić information content (AvgIpc) is 2.67. The Balaban J connectivity index is 1.76. The Bertz CT molecular complexity index is 809. The molecule has 0 radical (unpaired) electrons. The van der Waals surface area contributed by atoms with Crippen LogP contribution >= 0.6 is 0 Å². The molecule has 0 fully saturated rings. The lowest BCUT2D eigenvalue weighted by atomic mass is 10.1. The van der Waals surface area contributed by atoms with Crippen molar-refractivity contribution in [1.29, 1.82) is 0 Å². The molecule has 0 spiro atoms. The number of carbonyl (C=O) groups is 2. The van der Waals surface area contributed by atoms with Crippen LogP contribution in [0.25, 0.3) is 0 Å². The second-order valence-corrected chi connectivity index (χ2v) is 6.46. The molecule has 6 nitrogen and oxygen atoms in total. The zero-order chi connectivity index (χ0) is 20.5. The van der Waals surface area contributed by atoms with E-state index in [1.807, 2.05) is 18.9 Å². The zero-order valence-electron chi connectivity index (χ0n) is 16.3. The number of nitrogens with zero attached hydrogens (tertiary/aromatic N) is 1. The minimum absolute atomic E-state index is 0.174. The van der Waals surface area contributed by atoms with E-state index in [-0.39, 0.29) is 18.3 Å². The van der Waals surface area contributed by atoms with Gasteiger partial charge in [0.25, 0.3) is 0 Å². The number of halogens is 1. The van der Waals surface area contributed by atoms with E-state index in [1.165, 1.54) is 19.2 Å². The van der Waals surface area contributed by atoms with Crippen LogP contribution in [0.3, 0.4) is 0 Å². The van der Waals surface area contributed by atoms with E-state index in [2.05, 4.69) is 5.32 Å². The van der Waals surface area contributed by atoms with Crippen LogP contribution in [0.5, 0.6) is 5.75 Å². The zero-order valence-corrected chi connectivity index (χ0v) is 16.3. The largest absolute Gasteiger partial charge is 0.494 e. The summed E-state index contributed by atoms with van der Waals surface area (Å²) in [6.45, 7) is 3.19. The van der Waals surface area contributed by atoms with Crippen molar-refractivity contribution in [3.8, 4) is 5.75 Å². The molecule has 1 amide bonds. The van der Waals surface area contributed by atoms with Crippen LogP contribution in [0.15, 0.2) is 42.5 Å². The molecule has 7 heteroatoms. The van der Waals surface area contributed by atoms with E-state index in [0.717, 1.165) is 12.0 Å². The van der Waals surface area contributed by atoms with Crippen molar-refractivity contribution in [2.75, 3.05) is 39.2 Å². The molecule has 0 heterocycles. The lowest BCUT2D eigenvalue weighted by Crippen LogP contribution is -2.31. The van der Waals surface area contributed by atoms with Gasteiger partial charge in [-0.15, -0.1) is 0 Å². The monoisotopic (exact) mass is 388 g/mol. The standard InChI is InChI=1S/C21H25FN2O4/c1-15-5-6-16(21(26)27-3)13-19(15)23-20(25)14-24(2)11-4-12-28-18-9-7-17(22)8-10-18/h5-10,13H,4,11-12,14H2,1-3H3,(H,23,25). The summed E-state index contributed by atoms with van der Waals surface area (Å²) in [5.74, 6) is -0.311. The van der Waals surface area contributed by atoms with Crippen LogP contribution in [0.1, 0.15) is 22.3 Å². The highest BCUT2D eigenvalue weighted by Crippen LogP contribution is 2.17. The number of hydrogen-bond donors (Lipinski definition) is 1. The van der Waals surface area contributed by atoms with Gasteiger partial charge >= 0.3 is 5.97 Å². The summed E-state index contributed by atoms with van der Waals surface area (Å²) in [6.07, 6.45) is 0.720. The minimum Gasteiger partial charge on any atom is -0.494 e. The third-order valence-electron chi connectivity index (χ3n) is 4.11. The highest BCUT2D eigenvalue weighted by atomic mass is 19.1. The fourth-order valence-corrected chi connectivity index (χ4v) is 2.57. The number of benzene rings is 2. The Morgan fingerprint density at radius 3 is 2.54 bits per heavy atom. The number of likely N-dealkylation sites (N-methyl/N-ethyl adjacent to an activating group) is 1. The number of anilines is 1.